The average Bonchev–Trinajstić information content (AvgIpc) is 2.73. The Hall–Kier alpha value is -0.900. The van der Waals surface area contributed by atoms with Crippen molar-refractivity contribution in [2.75, 3.05) is 6.54 Å². The van der Waals surface area contributed by atoms with Crippen molar-refractivity contribution in [1.82, 2.24) is 5.32 Å². The van der Waals surface area contributed by atoms with E-state index < -0.39 is 0 Å². The van der Waals surface area contributed by atoms with Crippen molar-refractivity contribution in [1.29, 1.82) is 0 Å². The smallest absolute Gasteiger partial charge is 0.141 e. The van der Waals surface area contributed by atoms with Gasteiger partial charge in [-0.1, -0.05) is 24.6 Å². The Labute approximate surface area is 128 Å². The van der Waals surface area contributed by atoms with Gasteiger partial charge in [-0.05, 0) is 56.1 Å². The predicted octanol–water partition coefficient (Wildman–Crippen LogP) is 5.05. The number of likely N-dealkylation sites (N-methyl/N-ethyl adjacent to an activating group) is 1. The molecular weight excluding hydrogens is 293 g/mol. The van der Waals surface area contributed by atoms with E-state index in [0.717, 1.165) is 18.5 Å². The number of rotatable bonds is 5. The number of thiophene rings is 1. The molecule has 0 saturated heterocycles. The van der Waals surface area contributed by atoms with Gasteiger partial charge in [-0.25, -0.2) is 4.39 Å². The molecule has 0 saturated carbocycles. The zero-order valence-electron chi connectivity index (χ0n) is 12.0. The van der Waals surface area contributed by atoms with Crippen molar-refractivity contribution in [2.45, 2.75) is 33.2 Å². The summed E-state index contributed by atoms with van der Waals surface area (Å²) in [6.45, 7) is 7.27. The van der Waals surface area contributed by atoms with Crippen LogP contribution in [-0.2, 0) is 6.42 Å². The topological polar surface area (TPSA) is 12.0 Å². The molecule has 20 heavy (non-hydrogen) atoms. The standard InChI is InChI=1S/C16H19ClFNS/c1-4-19-15(16-7-10(2)11(3)20-16)9-12-5-6-14(18)13(17)8-12/h5-8,15,19H,4,9H2,1-3H3. The SMILES string of the molecule is CCNC(Cc1ccc(F)c(Cl)c1)c1cc(C)c(C)s1. The molecule has 2 rings (SSSR count). The van der Waals surface area contributed by atoms with Crippen LogP contribution in [-0.4, -0.2) is 6.54 Å². The lowest BCUT2D eigenvalue weighted by molar-refractivity contribution is 0.557. The van der Waals surface area contributed by atoms with Gasteiger partial charge < -0.3 is 5.32 Å². The van der Waals surface area contributed by atoms with E-state index in [9.17, 15) is 4.39 Å². The van der Waals surface area contributed by atoms with Gasteiger partial charge in [0.05, 0.1) is 5.02 Å². The maximum absolute atomic E-state index is 13.2. The van der Waals surface area contributed by atoms with E-state index in [1.807, 2.05) is 11.3 Å². The highest BCUT2D eigenvalue weighted by Gasteiger charge is 2.15. The van der Waals surface area contributed by atoms with Crippen LogP contribution in [0.5, 0.6) is 0 Å². The molecular formula is C16H19ClFNS. The van der Waals surface area contributed by atoms with Gasteiger partial charge in [-0.2, -0.15) is 0 Å². The van der Waals surface area contributed by atoms with Crippen molar-refractivity contribution in [3.05, 3.63) is 56.0 Å². The number of nitrogens with one attached hydrogen (secondary N) is 1. The first-order valence-electron chi connectivity index (χ1n) is 6.75. The number of benzene rings is 1. The fourth-order valence-electron chi connectivity index (χ4n) is 2.20. The van der Waals surface area contributed by atoms with Gasteiger partial charge in [0.1, 0.15) is 5.82 Å². The van der Waals surface area contributed by atoms with Crippen LogP contribution < -0.4 is 5.32 Å². The lowest BCUT2D eigenvalue weighted by Crippen LogP contribution is -2.22. The monoisotopic (exact) mass is 311 g/mol. The van der Waals surface area contributed by atoms with Crippen LogP contribution >= 0.6 is 22.9 Å². The lowest BCUT2D eigenvalue weighted by atomic mass is 10.0. The minimum atomic E-state index is -0.363. The van der Waals surface area contributed by atoms with Gasteiger partial charge in [-0.3, -0.25) is 0 Å². The van der Waals surface area contributed by atoms with Crippen molar-refractivity contribution >= 4 is 22.9 Å². The third kappa shape index (κ3) is 3.60. The summed E-state index contributed by atoms with van der Waals surface area (Å²) in [5.41, 5.74) is 2.37. The van der Waals surface area contributed by atoms with Crippen molar-refractivity contribution in [3.8, 4) is 0 Å². The number of hydrogen-bond donors (Lipinski definition) is 1. The summed E-state index contributed by atoms with van der Waals surface area (Å²) in [6, 6.07) is 7.44. The predicted molar refractivity (Wildman–Crippen MR) is 85.3 cm³/mol. The second kappa shape index (κ2) is 6.70. The molecule has 0 bridgehead atoms. The fourth-order valence-corrected chi connectivity index (χ4v) is 3.52. The summed E-state index contributed by atoms with van der Waals surface area (Å²) in [7, 11) is 0. The van der Waals surface area contributed by atoms with Gasteiger partial charge in [0.2, 0.25) is 0 Å². The quantitative estimate of drug-likeness (QED) is 0.814. The molecule has 108 valence electrons. The van der Waals surface area contributed by atoms with E-state index in [0.29, 0.717) is 0 Å². The van der Waals surface area contributed by atoms with E-state index in [1.54, 1.807) is 12.1 Å². The molecule has 4 heteroatoms. The lowest BCUT2D eigenvalue weighted by Gasteiger charge is -2.16. The highest BCUT2D eigenvalue weighted by atomic mass is 35.5. The molecule has 0 spiro atoms. The first kappa shape index (κ1) is 15.5. The van der Waals surface area contributed by atoms with Crippen molar-refractivity contribution in [3.63, 3.8) is 0 Å². The molecule has 0 aliphatic rings. The maximum atomic E-state index is 13.2. The van der Waals surface area contributed by atoms with E-state index >= 15 is 0 Å². The van der Waals surface area contributed by atoms with Gasteiger partial charge >= 0.3 is 0 Å². The maximum Gasteiger partial charge on any atom is 0.141 e. The van der Waals surface area contributed by atoms with E-state index in [1.165, 1.54) is 21.4 Å². The largest absolute Gasteiger partial charge is 0.309 e. The average molecular weight is 312 g/mol. The second-order valence-electron chi connectivity index (χ2n) is 4.95. The molecule has 2 aromatic rings. The zero-order valence-corrected chi connectivity index (χ0v) is 13.5. The summed E-state index contributed by atoms with van der Waals surface area (Å²) in [5.74, 6) is -0.363. The van der Waals surface area contributed by atoms with Crippen LogP contribution in [0.3, 0.4) is 0 Å². The molecule has 0 fully saturated rings. The Balaban J connectivity index is 2.22. The summed E-state index contributed by atoms with van der Waals surface area (Å²) in [5, 5.41) is 3.69. The van der Waals surface area contributed by atoms with E-state index in [4.69, 9.17) is 11.6 Å². The Morgan fingerprint density at radius 1 is 1.30 bits per heavy atom. The molecule has 0 amide bonds. The number of hydrogen-bond acceptors (Lipinski definition) is 2. The Bertz CT molecular complexity index is 575. The van der Waals surface area contributed by atoms with Crippen molar-refractivity contribution in [2.24, 2.45) is 0 Å². The van der Waals surface area contributed by atoms with Gasteiger partial charge in [0, 0.05) is 15.8 Å². The Kier molecular flexibility index (Phi) is 5.19. The first-order valence-corrected chi connectivity index (χ1v) is 7.95. The minimum Gasteiger partial charge on any atom is -0.309 e. The third-order valence-corrected chi connectivity index (χ3v) is 4.96. The van der Waals surface area contributed by atoms with Gasteiger partial charge in [0.25, 0.3) is 0 Å². The van der Waals surface area contributed by atoms with Crippen LogP contribution in [0, 0.1) is 19.7 Å². The van der Waals surface area contributed by atoms with Crippen molar-refractivity contribution < 1.29 is 4.39 Å². The van der Waals surface area contributed by atoms with Crippen LogP contribution in [0.4, 0.5) is 4.39 Å². The minimum absolute atomic E-state index is 0.191. The van der Waals surface area contributed by atoms with E-state index in [2.05, 4.69) is 32.2 Å². The third-order valence-electron chi connectivity index (χ3n) is 3.40. The van der Waals surface area contributed by atoms with Crippen LogP contribution in [0.25, 0.3) is 0 Å². The summed E-state index contributed by atoms with van der Waals surface area (Å²) < 4.78 is 13.2. The van der Waals surface area contributed by atoms with E-state index in [-0.39, 0.29) is 16.9 Å². The summed E-state index contributed by atoms with van der Waals surface area (Å²) in [6.07, 6.45) is 0.813. The summed E-state index contributed by atoms with van der Waals surface area (Å²) >= 11 is 7.68. The van der Waals surface area contributed by atoms with Crippen LogP contribution in [0.1, 0.15) is 33.8 Å². The van der Waals surface area contributed by atoms with Crippen LogP contribution in [0.2, 0.25) is 5.02 Å². The first-order chi connectivity index (χ1) is 9.51. The zero-order chi connectivity index (χ0) is 14.7. The molecule has 1 aromatic carbocycles. The summed E-state index contributed by atoms with van der Waals surface area (Å²) in [4.78, 5) is 2.67. The normalized spacial score (nSPS) is 12.7. The van der Waals surface area contributed by atoms with Gasteiger partial charge in [0.15, 0.2) is 0 Å². The molecule has 0 aliphatic heterocycles. The number of aryl methyl sites for hydroxylation is 2. The molecule has 1 atom stereocenters. The highest BCUT2D eigenvalue weighted by molar-refractivity contribution is 7.12. The Morgan fingerprint density at radius 3 is 2.60 bits per heavy atom. The molecule has 0 aliphatic carbocycles. The van der Waals surface area contributed by atoms with Gasteiger partial charge in [-0.15, -0.1) is 11.3 Å². The Morgan fingerprint density at radius 2 is 2.05 bits per heavy atom. The highest BCUT2D eigenvalue weighted by Crippen LogP contribution is 2.29. The molecule has 1 aromatic heterocycles. The molecule has 1 N–H and O–H groups in total. The molecule has 0 radical (unpaired) electrons. The van der Waals surface area contributed by atoms with Crippen LogP contribution in [0.15, 0.2) is 24.3 Å². The molecule has 1 heterocycles. The number of halogens is 2. The molecule has 1 unspecified atom stereocenters. The molecule has 1 nitrogen and oxygen atoms in total. The fraction of sp³-hybridized carbons (Fsp3) is 0.375. The second-order valence-corrected chi connectivity index (χ2v) is 6.65.